The zero-order valence-corrected chi connectivity index (χ0v) is 10.5. The minimum Gasteiger partial charge on any atom is -0.478 e. The number of ether oxygens (including phenoxy) is 1. The molecular weight excluding hydrogens is 242 g/mol. The SMILES string of the molecule is COCC(C)CC(=O)Nc1sccc1C(=O)O. The van der Waals surface area contributed by atoms with Crippen LogP contribution in [0.4, 0.5) is 5.00 Å². The molecule has 1 aromatic heterocycles. The van der Waals surface area contributed by atoms with E-state index in [-0.39, 0.29) is 17.4 Å². The maximum absolute atomic E-state index is 11.6. The van der Waals surface area contributed by atoms with Crippen molar-refractivity contribution in [2.45, 2.75) is 13.3 Å². The van der Waals surface area contributed by atoms with Crippen molar-refractivity contribution in [1.29, 1.82) is 0 Å². The van der Waals surface area contributed by atoms with Gasteiger partial charge in [-0.25, -0.2) is 4.79 Å². The number of aromatic carboxylic acids is 1. The predicted octanol–water partition coefficient (Wildman–Crippen LogP) is 2.06. The van der Waals surface area contributed by atoms with Crippen LogP contribution in [0, 0.1) is 5.92 Å². The smallest absolute Gasteiger partial charge is 0.338 e. The first kappa shape index (κ1) is 13.7. The van der Waals surface area contributed by atoms with Gasteiger partial charge in [0.1, 0.15) is 5.00 Å². The summed E-state index contributed by atoms with van der Waals surface area (Å²) in [7, 11) is 1.58. The fourth-order valence-electron chi connectivity index (χ4n) is 1.41. The predicted molar refractivity (Wildman–Crippen MR) is 65.6 cm³/mol. The first-order valence-electron chi connectivity index (χ1n) is 5.14. The van der Waals surface area contributed by atoms with Crippen molar-refractivity contribution < 1.29 is 19.4 Å². The maximum Gasteiger partial charge on any atom is 0.338 e. The van der Waals surface area contributed by atoms with E-state index in [1.54, 1.807) is 12.5 Å². The van der Waals surface area contributed by atoms with Gasteiger partial charge in [0.2, 0.25) is 5.91 Å². The topological polar surface area (TPSA) is 75.6 Å². The zero-order valence-electron chi connectivity index (χ0n) is 9.73. The van der Waals surface area contributed by atoms with Crippen LogP contribution in [-0.2, 0) is 9.53 Å². The van der Waals surface area contributed by atoms with Gasteiger partial charge in [-0.3, -0.25) is 4.79 Å². The largest absolute Gasteiger partial charge is 0.478 e. The number of carbonyl (C=O) groups excluding carboxylic acids is 1. The molecule has 0 aliphatic heterocycles. The van der Waals surface area contributed by atoms with Crippen LogP contribution < -0.4 is 5.32 Å². The molecular formula is C11H15NO4S. The van der Waals surface area contributed by atoms with Crippen LogP contribution in [0.1, 0.15) is 23.7 Å². The van der Waals surface area contributed by atoms with Crippen molar-refractivity contribution >= 4 is 28.2 Å². The molecule has 17 heavy (non-hydrogen) atoms. The average Bonchev–Trinajstić information content (AvgIpc) is 2.65. The number of carbonyl (C=O) groups is 2. The first-order valence-corrected chi connectivity index (χ1v) is 6.02. The maximum atomic E-state index is 11.6. The van der Waals surface area contributed by atoms with E-state index >= 15 is 0 Å². The number of carboxylic acid groups (broad SMARTS) is 1. The van der Waals surface area contributed by atoms with E-state index in [1.807, 2.05) is 6.92 Å². The molecule has 0 fully saturated rings. The first-order chi connectivity index (χ1) is 8.04. The highest BCUT2D eigenvalue weighted by atomic mass is 32.1. The second kappa shape index (κ2) is 6.36. The van der Waals surface area contributed by atoms with Gasteiger partial charge in [-0.15, -0.1) is 11.3 Å². The molecule has 0 radical (unpaired) electrons. The van der Waals surface area contributed by atoms with Crippen LogP contribution in [0.2, 0.25) is 0 Å². The Morgan fingerprint density at radius 2 is 2.29 bits per heavy atom. The van der Waals surface area contributed by atoms with Gasteiger partial charge >= 0.3 is 5.97 Å². The Bertz CT molecular complexity index is 402. The Morgan fingerprint density at radius 1 is 1.59 bits per heavy atom. The molecule has 5 nitrogen and oxygen atoms in total. The van der Waals surface area contributed by atoms with Crippen LogP contribution in [0.3, 0.4) is 0 Å². The van der Waals surface area contributed by atoms with Crippen molar-refractivity contribution in [3.05, 3.63) is 17.0 Å². The summed E-state index contributed by atoms with van der Waals surface area (Å²) in [6.07, 6.45) is 0.310. The van der Waals surface area contributed by atoms with E-state index in [1.165, 1.54) is 17.4 Å². The van der Waals surface area contributed by atoms with Gasteiger partial charge in [-0.1, -0.05) is 6.92 Å². The standard InChI is InChI=1S/C11H15NO4S/c1-7(6-16-2)5-9(13)12-10-8(11(14)15)3-4-17-10/h3-4,7H,5-6H2,1-2H3,(H,12,13)(H,14,15). The average molecular weight is 257 g/mol. The van der Waals surface area contributed by atoms with Gasteiger partial charge in [0.15, 0.2) is 0 Å². The minimum atomic E-state index is -1.04. The molecule has 0 aliphatic rings. The molecule has 0 bridgehead atoms. The number of hydrogen-bond donors (Lipinski definition) is 2. The molecule has 0 saturated carbocycles. The van der Waals surface area contributed by atoms with E-state index in [9.17, 15) is 9.59 Å². The number of anilines is 1. The minimum absolute atomic E-state index is 0.105. The third kappa shape index (κ3) is 4.16. The molecule has 1 amide bonds. The summed E-state index contributed by atoms with van der Waals surface area (Å²) >= 11 is 1.20. The van der Waals surface area contributed by atoms with Crippen molar-refractivity contribution in [1.82, 2.24) is 0 Å². The van der Waals surface area contributed by atoms with Crippen LogP contribution in [0.25, 0.3) is 0 Å². The molecule has 0 aromatic carbocycles. The second-order valence-electron chi connectivity index (χ2n) is 3.78. The fraction of sp³-hybridized carbons (Fsp3) is 0.455. The van der Waals surface area contributed by atoms with Gasteiger partial charge in [0, 0.05) is 20.1 Å². The number of rotatable bonds is 6. The number of thiophene rings is 1. The van der Waals surface area contributed by atoms with E-state index in [2.05, 4.69) is 5.32 Å². The Kier molecular flexibility index (Phi) is 5.11. The molecule has 6 heteroatoms. The summed E-state index contributed by atoms with van der Waals surface area (Å²) in [5.74, 6) is -1.13. The summed E-state index contributed by atoms with van der Waals surface area (Å²) in [5, 5.41) is 13.5. The summed E-state index contributed by atoms with van der Waals surface area (Å²) in [6, 6.07) is 1.47. The highest BCUT2D eigenvalue weighted by Crippen LogP contribution is 2.23. The van der Waals surface area contributed by atoms with Gasteiger partial charge in [0.05, 0.1) is 5.56 Å². The van der Waals surface area contributed by atoms with Crippen molar-refractivity contribution in [2.75, 3.05) is 19.0 Å². The number of carboxylic acids is 1. The summed E-state index contributed by atoms with van der Waals surface area (Å²) < 4.78 is 4.93. The third-order valence-corrected chi connectivity index (χ3v) is 2.96. The molecule has 1 atom stereocenters. The summed E-state index contributed by atoms with van der Waals surface area (Å²) in [6.45, 7) is 2.40. The van der Waals surface area contributed by atoms with Gasteiger partial charge in [-0.05, 0) is 17.4 Å². The van der Waals surface area contributed by atoms with Crippen molar-refractivity contribution in [3.63, 3.8) is 0 Å². The molecule has 1 heterocycles. The lowest BCUT2D eigenvalue weighted by Gasteiger charge is -2.09. The number of hydrogen-bond acceptors (Lipinski definition) is 4. The Morgan fingerprint density at radius 3 is 2.88 bits per heavy atom. The highest BCUT2D eigenvalue weighted by Gasteiger charge is 2.15. The van der Waals surface area contributed by atoms with Crippen LogP contribution in [0.15, 0.2) is 11.4 Å². The number of methoxy groups -OCH3 is 1. The normalized spacial score (nSPS) is 12.1. The lowest BCUT2D eigenvalue weighted by atomic mass is 10.1. The lowest BCUT2D eigenvalue weighted by Crippen LogP contribution is -2.18. The molecule has 2 N–H and O–H groups in total. The molecule has 0 aliphatic carbocycles. The monoisotopic (exact) mass is 257 g/mol. The molecule has 1 aromatic rings. The lowest BCUT2D eigenvalue weighted by molar-refractivity contribution is -0.117. The molecule has 1 unspecified atom stereocenters. The molecule has 94 valence electrons. The van der Waals surface area contributed by atoms with Crippen LogP contribution >= 0.6 is 11.3 Å². The molecule has 1 rings (SSSR count). The van der Waals surface area contributed by atoms with E-state index in [0.29, 0.717) is 18.0 Å². The van der Waals surface area contributed by atoms with Gasteiger partial charge in [-0.2, -0.15) is 0 Å². The van der Waals surface area contributed by atoms with E-state index in [0.717, 1.165) is 0 Å². The van der Waals surface area contributed by atoms with E-state index < -0.39 is 5.97 Å². The number of nitrogens with one attached hydrogen (secondary N) is 1. The third-order valence-electron chi connectivity index (χ3n) is 2.13. The van der Waals surface area contributed by atoms with Gasteiger partial charge < -0.3 is 15.2 Å². The van der Waals surface area contributed by atoms with E-state index in [4.69, 9.17) is 9.84 Å². The number of amides is 1. The second-order valence-corrected chi connectivity index (χ2v) is 4.70. The molecule has 0 saturated heterocycles. The van der Waals surface area contributed by atoms with Crippen molar-refractivity contribution in [2.24, 2.45) is 5.92 Å². The quantitative estimate of drug-likeness (QED) is 0.818. The van der Waals surface area contributed by atoms with Crippen LogP contribution in [-0.4, -0.2) is 30.7 Å². The Hall–Kier alpha value is -1.40. The van der Waals surface area contributed by atoms with Gasteiger partial charge in [0.25, 0.3) is 0 Å². The Labute approximate surface area is 103 Å². The molecule has 0 spiro atoms. The van der Waals surface area contributed by atoms with Crippen molar-refractivity contribution in [3.8, 4) is 0 Å². The van der Waals surface area contributed by atoms with Crippen LogP contribution in [0.5, 0.6) is 0 Å². The summed E-state index contributed by atoms with van der Waals surface area (Å²) in [5.41, 5.74) is 0.128. The summed E-state index contributed by atoms with van der Waals surface area (Å²) in [4.78, 5) is 22.4. The Balaban J connectivity index is 2.56. The zero-order chi connectivity index (χ0) is 12.8. The highest BCUT2D eigenvalue weighted by molar-refractivity contribution is 7.14. The fourth-order valence-corrected chi connectivity index (χ4v) is 2.21.